The fraction of sp³-hybridized carbons (Fsp3) is 0.409. The van der Waals surface area contributed by atoms with Crippen LogP contribution in [0, 0.1) is 0 Å². The lowest BCUT2D eigenvalue weighted by atomic mass is 10.00. The Balaban J connectivity index is 1.93. The summed E-state index contributed by atoms with van der Waals surface area (Å²) in [6.07, 6.45) is 6.04. The number of nitrogens with one attached hydrogen (secondary N) is 1. The minimum atomic E-state index is -4.66. The molecule has 4 N–H and O–H groups in total. The van der Waals surface area contributed by atoms with Crippen molar-refractivity contribution in [1.82, 2.24) is 5.32 Å². The normalized spacial score (nSPS) is 12.5. The smallest absolute Gasteiger partial charge is 0.394 e. The topological polar surface area (TPSA) is 116 Å². The molecule has 0 aromatic heterocycles. The number of phosphoric acid groups is 1. The number of amides is 1. The molecule has 0 aliphatic carbocycles. The summed E-state index contributed by atoms with van der Waals surface area (Å²) in [7, 11) is -4.66. The third-order valence-electron chi connectivity index (χ3n) is 4.75. The Morgan fingerprint density at radius 1 is 1.00 bits per heavy atom. The predicted octanol–water partition coefficient (Wildman–Crippen LogP) is 3.68. The molecule has 1 amide bonds. The van der Waals surface area contributed by atoms with Crippen molar-refractivity contribution in [2.24, 2.45) is 0 Å². The van der Waals surface area contributed by atoms with E-state index in [0.29, 0.717) is 5.56 Å². The number of aliphatic hydroxyl groups is 1. The van der Waals surface area contributed by atoms with Crippen LogP contribution >= 0.6 is 7.82 Å². The Morgan fingerprint density at radius 3 is 2.13 bits per heavy atom. The molecule has 30 heavy (non-hydrogen) atoms. The first kappa shape index (κ1) is 24.3. The van der Waals surface area contributed by atoms with Gasteiger partial charge in [0.15, 0.2) is 0 Å². The first-order valence-electron chi connectivity index (χ1n) is 10.1. The minimum absolute atomic E-state index is 0.376. The van der Waals surface area contributed by atoms with Gasteiger partial charge in [0.1, 0.15) is 0 Å². The molecule has 2 aromatic carbocycles. The number of phosphoric ester groups is 1. The SMILES string of the molecule is CCCCCCc1ccc(-c2ccc(C(=O)N[C@H](CO)COP(=O)(O)O)cc2)cc1. The van der Waals surface area contributed by atoms with Crippen LogP contribution in [0.15, 0.2) is 48.5 Å². The Bertz CT molecular complexity index is 832. The molecule has 0 aliphatic heterocycles. The van der Waals surface area contributed by atoms with Crippen molar-refractivity contribution in [2.75, 3.05) is 13.2 Å². The molecule has 0 saturated carbocycles. The van der Waals surface area contributed by atoms with Crippen molar-refractivity contribution in [3.8, 4) is 11.1 Å². The first-order valence-corrected chi connectivity index (χ1v) is 11.7. The maximum absolute atomic E-state index is 12.3. The van der Waals surface area contributed by atoms with E-state index in [0.717, 1.165) is 17.5 Å². The van der Waals surface area contributed by atoms with Gasteiger partial charge in [-0.15, -0.1) is 0 Å². The van der Waals surface area contributed by atoms with E-state index >= 15 is 0 Å². The van der Waals surface area contributed by atoms with Gasteiger partial charge in [-0.1, -0.05) is 62.6 Å². The maximum atomic E-state index is 12.3. The number of hydrogen-bond acceptors (Lipinski definition) is 4. The number of aryl methyl sites for hydroxylation is 1. The summed E-state index contributed by atoms with van der Waals surface area (Å²) in [5.41, 5.74) is 3.73. The molecule has 8 heteroatoms. The summed E-state index contributed by atoms with van der Waals surface area (Å²) < 4.78 is 15.1. The van der Waals surface area contributed by atoms with Crippen molar-refractivity contribution in [3.63, 3.8) is 0 Å². The average molecular weight is 435 g/mol. The standard InChI is InChI=1S/C22H30NO6P/c1-2-3-4-5-6-17-7-9-18(10-8-17)19-11-13-20(14-12-19)22(25)23-21(15-24)16-29-30(26,27)28/h7-14,21,24H,2-6,15-16H2,1H3,(H,23,25)(H2,26,27,28)/t21-/m1/s1. The van der Waals surface area contributed by atoms with E-state index < -0.39 is 33.0 Å². The molecule has 2 rings (SSSR count). The van der Waals surface area contributed by atoms with Crippen LogP contribution in [0.3, 0.4) is 0 Å². The fourth-order valence-electron chi connectivity index (χ4n) is 3.03. The highest BCUT2D eigenvalue weighted by Crippen LogP contribution is 2.35. The summed E-state index contributed by atoms with van der Waals surface area (Å²) in [5.74, 6) is -0.461. The van der Waals surface area contributed by atoms with Gasteiger partial charge < -0.3 is 20.2 Å². The molecular weight excluding hydrogens is 405 g/mol. The van der Waals surface area contributed by atoms with Gasteiger partial charge in [-0.25, -0.2) is 4.57 Å². The molecule has 2 aromatic rings. The van der Waals surface area contributed by atoms with Crippen LogP contribution in [-0.2, 0) is 15.5 Å². The second kappa shape index (κ2) is 12.0. The molecular formula is C22H30NO6P. The lowest BCUT2D eigenvalue weighted by Crippen LogP contribution is -2.40. The summed E-state index contributed by atoms with van der Waals surface area (Å²) in [6, 6.07) is 14.5. The predicted molar refractivity (Wildman–Crippen MR) is 116 cm³/mol. The highest BCUT2D eigenvalue weighted by Gasteiger charge is 2.19. The molecule has 7 nitrogen and oxygen atoms in total. The van der Waals surface area contributed by atoms with E-state index in [1.54, 1.807) is 12.1 Å². The van der Waals surface area contributed by atoms with E-state index in [9.17, 15) is 14.5 Å². The van der Waals surface area contributed by atoms with Crippen LogP contribution in [0.25, 0.3) is 11.1 Å². The number of carbonyl (C=O) groups is 1. The van der Waals surface area contributed by atoms with Gasteiger partial charge in [0.25, 0.3) is 5.91 Å². The molecule has 0 heterocycles. The second-order valence-corrected chi connectivity index (χ2v) is 8.46. The summed E-state index contributed by atoms with van der Waals surface area (Å²) in [5, 5.41) is 11.8. The third-order valence-corrected chi connectivity index (χ3v) is 5.24. The zero-order chi connectivity index (χ0) is 22.0. The lowest BCUT2D eigenvalue weighted by molar-refractivity contribution is 0.0867. The van der Waals surface area contributed by atoms with Crippen LogP contribution in [0.5, 0.6) is 0 Å². The maximum Gasteiger partial charge on any atom is 0.469 e. The van der Waals surface area contributed by atoms with Gasteiger partial charge in [0, 0.05) is 5.56 Å². The zero-order valence-corrected chi connectivity index (χ0v) is 18.1. The minimum Gasteiger partial charge on any atom is -0.394 e. The van der Waals surface area contributed by atoms with Crippen molar-refractivity contribution >= 4 is 13.7 Å². The average Bonchev–Trinajstić information content (AvgIpc) is 2.74. The summed E-state index contributed by atoms with van der Waals surface area (Å²) >= 11 is 0. The number of aliphatic hydroxyl groups excluding tert-OH is 1. The van der Waals surface area contributed by atoms with Crippen LogP contribution < -0.4 is 5.32 Å². The number of carbonyl (C=O) groups excluding carboxylic acids is 1. The Kier molecular flexibility index (Phi) is 9.69. The molecule has 1 atom stereocenters. The molecule has 0 fully saturated rings. The monoisotopic (exact) mass is 435 g/mol. The van der Waals surface area contributed by atoms with E-state index in [-0.39, 0.29) is 0 Å². The van der Waals surface area contributed by atoms with Crippen LogP contribution in [0.4, 0.5) is 0 Å². The highest BCUT2D eigenvalue weighted by atomic mass is 31.2. The van der Waals surface area contributed by atoms with Crippen molar-refractivity contribution < 1.29 is 28.8 Å². The van der Waals surface area contributed by atoms with Crippen molar-refractivity contribution in [1.29, 1.82) is 0 Å². The Morgan fingerprint density at radius 2 is 1.60 bits per heavy atom. The molecule has 0 saturated heterocycles. The number of rotatable bonds is 12. The van der Waals surface area contributed by atoms with Gasteiger partial charge in [-0.2, -0.15) is 0 Å². The second-order valence-electron chi connectivity index (χ2n) is 7.22. The Labute approximate surface area is 177 Å². The fourth-order valence-corrected chi connectivity index (χ4v) is 3.40. The van der Waals surface area contributed by atoms with E-state index in [1.807, 2.05) is 12.1 Å². The van der Waals surface area contributed by atoms with Gasteiger partial charge >= 0.3 is 7.82 Å². The van der Waals surface area contributed by atoms with E-state index in [1.165, 1.54) is 31.2 Å². The van der Waals surface area contributed by atoms with E-state index in [2.05, 4.69) is 41.0 Å². The zero-order valence-electron chi connectivity index (χ0n) is 17.2. The quantitative estimate of drug-likeness (QED) is 0.299. The first-order chi connectivity index (χ1) is 14.3. The molecule has 0 bridgehead atoms. The lowest BCUT2D eigenvalue weighted by Gasteiger charge is -2.16. The van der Waals surface area contributed by atoms with Gasteiger partial charge in [0.2, 0.25) is 0 Å². The van der Waals surface area contributed by atoms with Crippen molar-refractivity contribution in [2.45, 2.75) is 45.1 Å². The van der Waals surface area contributed by atoms with Gasteiger partial charge in [0.05, 0.1) is 19.3 Å². The molecule has 0 aliphatic rings. The van der Waals surface area contributed by atoms with Gasteiger partial charge in [-0.05, 0) is 41.7 Å². The van der Waals surface area contributed by atoms with Crippen LogP contribution in [0.1, 0.15) is 48.5 Å². The third kappa shape index (κ3) is 8.38. The van der Waals surface area contributed by atoms with E-state index in [4.69, 9.17) is 9.79 Å². The molecule has 0 radical (unpaired) electrons. The number of benzene rings is 2. The number of unbranched alkanes of at least 4 members (excludes halogenated alkanes) is 3. The largest absolute Gasteiger partial charge is 0.469 e. The van der Waals surface area contributed by atoms with Crippen molar-refractivity contribution in [3.05, 3.63) is 59.7 Å². The summed E-state index contributed by atoms with van der Waals surface area (Å²) in [4.78, 5) is 29.8. The molecule has 0 spiro atoms. The molecule has 164 valence electrons. The van der Waals surface area contributed by atoms with Crippen LogP contribution in [0.2, 0.25) is 0 Å². The highest BCUT2D eigenvalue weighted by molar-refractivity contribution is 7.46. The number of hydrogen-bond donors (Lipinski definition) is 4. The van der Waals surface area contributed by atoms with Gasteiger partial charge in [-0.3, -0.25) is 9.32 Å². The summed E-state index contributed by atoms with van der Waals surface area (Å²) in [6.45, 7) is 1.21. The molecule has 0 unspecified atom stereocenters. The van der Waals surface area contributed by atoms with Crippen LogP contribution in [-0.4, -0.2) is 40.1 Å². The Hall–Kier alpha value is -2.02.